The van der Waals surface area contributed by atoms with E-state index < -0.39 is 0 Å². The average molecular weight is 332 g/mol. The molecule has 0 spiro atoms. The van der Waals surface area contributed by atoms with Crippen LogP contribution in [0.2, 0.25) is 0 Å². The fourth-order valence-electron chi connectivity index (χ4n) is 3.09. The molecule has 1 saturated carbocycles. The third-order valence-electron chi connectivity index (χ3n) is 4.75. The third-order valence-corrected chi connectivity index (χ3v) is 4.75. The van der Waals surface area contributed by atoms with Crippen molar-refractivity contribution in [3.05, 3.63) is 29.8 Å². The Morgan fingerprint density at radius 2 is 1.79 bits per heavy atom. The molecule has 0 aliphatic heterocycles. The summed E-state index contributed by atoms with van der Waals surface area (Å²) in [5.74, 6) is 1.21. The summed E-state index contributed by atoms with van der Waals surface area (Å²) in [6.45, 7) is 4.80. The second-order valence-corrected chi connectivity index (χ2v) is 6.56. The summed E-state index contributed by atoms with van der Waals surface area (Å²) in [6.07, 6.45) is 4.44. The van der Waals surface area contributed by atoms with Gasteiger partial charge in [0.15, 0.2) is 0 Å². The van der Waals surface area contributed by atoms with Gasteiger partial charge in [0.1, 0.15) is 5.75 Å². The molecule has 1 aromatic carbocycles. The molecule has 2 amide bonds. The van der Waals surface area contributed by atoms with Crippen LogP contribution in [0.1, 0.15) is 49.9 Å². The van der Waals surface area contributed by atoms with Crippen molar-refractivity contribution in [2.45, 2.75) is 45.6 Å². The predicted molar refractivity (Wildman–Crippen MR) is 94.1 cm³/mol. The summed E-state index contributed by atoms with van der Waals surface area (Å²) in [5, 5.41) is 2.71. The van der Waals surface area contributed by atoms with Crippen LogP contribution in [0.4, 0.5) is 0 Å². The van der Waals surface area contributed by atoms with Gasteiger partial charge in [-0.05, 0) is 62.8 Å². The first-order valence-corrected chi connectivity index (χ1v) is 8.78. The van der Waals surface area contributed by atoms with Crippen molar-refractivity contribution in [2.24, 2.45) is 5.92 Å². The van der Waals surface area contributed by atoms with Gasteiger partial charge in [-0.2, -0.15) is 0 Å². The normalized spacial score (nSPS) is 20.3. The van der Waals surface area contributed by atoms with Gasteiger partial charge in [0.2, 0.25) is 5.91 Å². The molecule has 5 heteroatoms. The quantitative estimate of drug-likeness (QED) is 0.871. The van der Waals surface area contributed by atoms with Gasteiger partial charge in [0.05, 0.1) is 13.2 Å². The van der Waals surface area contributed by atoms with Gasteiger partial charge in [-0.15, -0.1) is 0 Å². The van der Waals surface area contributed by atoms with E-state index in [0.717, 1.165) is 24.5 Å². The zero-order valence-electron chi connectivity index (χ0n) is 14.9. The van der Waals surface area contributed by atoms with Crippen LogP contribution in [0.3, 0.4) is 0 Å². The summed E-state index contributed by atoms with van der Waals surface area (Å²) in [4.78, 5) is 26.2. The molecular formula is C19H28N2O3. The molecular weight excluding hydrogens is 304 g/mol. The lowest BCUT2D eigenvalue weighted by atomic mass is 9.87. The zero-order chi connectivity index (χ0) is 17.5. The molecule has 2 rings (SSSR count). The molecule has 5 nitrogen and oxygen atoms in total. The lowest BCUT2D eigenvalue weighted by Gasteiger charge is -2.33. The smallest absolute Gasteiger partial charge is 0.251 e. The first-order chi connectivity index (χ1) is 11.5. The van der Waals surface area contributed by atoms with Crippen molar-refractivity contribution in [1.82, 2.24) is 10.2 Å². The van der Waals surface area contributed by atoms with Crippen LogP contribution in [0.25, 0.3) is 0 Å². The number of likely N-dealkylation sites (N-methyl/N-ethyl adjacent to an activating group) is 1. The minimum atomic E-state index is -0.239. The number of benzene rings is 1. The molecule has 1 aromatic rings. The lowest BCUT2D eigenvalue weighted by molar-refractivity contribution is -0.131. The minimum Gasteiger partial charge on any atom is -0.494 e. The van der Waals surface area contributed by atoms with Crippen molar-refractivity contribution in [3.8, 4) is 5.75 Å². The van der Waals surface area contributed by atoms with E-state index in [4.69, 9.17) is 4.74 Å². The zero-order valence-corrected chi connectivity index (χ0v) is 14.9. The number of ether oxygens (including phenoxy) is 1. The van der Waals surface area contributed by atoms with E-state index in [1.165, 1.54) is 12.8 Å². The van der Waals surface area contributed by atoms with Gasteiger partial charge < -0.3 is 15.0 Å². The van der Waals surface area contributed by atoms with Crippen molar-refractivity contribution < 1.29 is 14.3 Å². The summed E-state index contributed by atoms with van der Waals surface area (Å²) in [5.41, 5.74) is 0.528. The van der Waals surface area contributed by atoms with E-state index in [1.807, 2.05) is 14.0 Å². The van der Waals surface area contributed by atoms with Crippen molar-refractivity contribution in [1.29, 1.82) is 0 Å². The van der Waals surface area contributed by atoms with Gasteiger partial charge in [-0.1, -0.05) is 6.92 Å². The van der Waals surface area contributed by atoms with Crippen LogP contribution in [0.5, 0.6) is 5.75 Å². The Labute approximate surface area is 144 Å². The van der Waals surface area contributed by atoms with Crippen molar-refractivity contribution >= 4 is 11.8 Å². The molecule has 132 valence electrons. The van der Waals surface area contributed by atoms with Gasteiger partial charge in [-0.25, -0.2) is 0 Å². The van der Waals surface area contributed by atoms with E-state index in [0.29, 0.717) is 18.2 Å². The second kappa shape index (κ2) is 8.71. The summed E-state index contributed by atoms with van der Waals surface area (Å²) >= 11 is 0. The number of hydrogen-bond acceptors (Lipinski definition) is 3. The maximum absolute atomic E-state index is 12.3. The highest BCUT2D eigenvalue weighted by Gasteiger charge is 2.24. The van der Waals surface area contributed by atoms with Crippen LogP contribution in [0.15, 0.2) is 24.3 Å². The molecule has 0 bridgehead atoms. The SMILES string of the molecule is CCOc1ccc(C(=O)NCC(=O)N(C)C2CCC(C)CC2)cc1. The Morgan fingerprint density at radius 3 is 2.38 bits per heavy atom. The highest BCUT2D eigenvalue weighted by molar-refractivity contribution is 5.96. The Morgan fingerprint density at radius 1 is 1.17 bits per heavy atom. The highest BCUT2D eigenvalue weighted by Crippen LogP contribution is 2.26. The standard InChI is InChI=1S/C19H28N2O3/c1-4-24-17-11-7-15(8-12-17)19(23)20-13-18(22)21(3)16-9-5-14(2)6-10-16/h7-8,11-12,14,16H,4-6,9-10,13H2,1-3H3,(H,20,23). The fraction of sp³-hybridized carbons (Fsp3) is 0.579. The molecule has 1 aliphatic carbocycles. The first-order valence-electron chi connectivity index (χ1n) is 8.78. The second-order valence-electron chi connectivity index (χ2n) is 6.56. The summed E-state index contributed by atoms with van der Waals surface area (Å²) in [7, 11) is 1.84. The van der Waals surface area contributed by atoms with Gasteiger partial charge in [-0.3, -0.25) is 9.59 Å². The average Bonchev–Trinajstić information content (AvgIpc) is 2.60. The van der Waals surface area contributed by atoms with Gasteiger partial charge in [0, 0.05) is 18.7 Å². The van der Waals surface area contributed by atoms with E-state index in [1.54, 1.807) is 29.2 Å². The number of carbonyl (C=O) groups excluding carboxylic acids is 2. The molecule has 0 radical (unpaired) electrons. The third kappa shape index (κ3) is 4.98. The maximum atomic E-state index is 12.3. The van der Waals surface area contributed by atoms with Crippen LogP contribution in [0, 0.1) is 5.92 Å². The fourth-order valence-corrected chi connectivity index (χ4v) is 3.09. The Balaban J connectivity index is 1.81. The van der Waals surface area contributed by atoms with E-state index in [-0.39, 0.29) is 18.4 Å². The molecule has 0 heterocycles. The van der Waals surface area contributed by atoms with Crippen LogP contribution >= 0.6 is 0 Å². The Bertz CT molecular complexity index is 548. The molecule has 0 unspecified atom stereocenters. The topological polar surface area (TPSA) is 58.6 Å². The van der Waals surface area contributed by atoms with Crippen molar-refractivity contribution in [2.75, 3.05) is 20.2 Å². The first kappa shape index (κ1) is 18.3. The number of amides is 2. The monoisotopic (exact) mass is 332 g/mol. The number of hydrogen-bond donors (Lipinski definition) is 1. The highest BCUT2D eigenvalue weighted by atomic mass is 16.5. The summed E-state index contributed by atoms with van der Waals surface area (Å²) < 4.78 is 5.35. The van der Waals surface area contributed by atoms with Gasteiger partial charge >= 0.3 is 0 Å². The van der Waals surface area contributed by atoms with Crippen LogP contribution in [-0.4, -0.2) is 43.0 Å². The van der Waals surface area contributed by atoms with E-state index in [9.17, 15) is 9.59 Å². The predicted octanol–water partition coefficient (Wildman–Crippen LogP) is 2.85. The van der Waals surface area contributed by atoms with E-state index in [2.05, 4.69) is 12.2 Å². The minimum absolute atomic E-state index is 0.0335. The Kier molecular flexibility index (Phi) is 6.64. The van der Waals surface area contributed by atoms with Crippen LogP contribution < -0.4 is 10.1 Å². The molecule has 0 saturated heterocycles. The van der Waals surface area contributed by atoms with E-state index >= 15 is 0 Å². The molecule has 1 aliphatic rings. The number of rotatable bonds is 6. The maximum Gasteiger partial charge on any atom is 0.251 e. The summed E-state index contributed by atoms with van der Waals surface area (Å²) in [6, 6.07) is 7.23. The van der Waals surface area contributed by atoms with Crippen LogP contribution in [-0.2, 0) is 4.79 Å². The number of carbonyl (C=O) groups is 2. The van der Waals surface area contributed by atoms with Crippen molar-refractivity contribution in [3.63, 3.8) is 0 Å². The number of nitrogens with zero attached hydrogens (tertiary/aromatic N) is 1. The largest absolute Gasteiger partial charge is 0.494 e. The lowest BCUT2D eigenvalue weighted by Crippen LogP contribution is -2.44. The molecule has 0 atom stereocenters. The Hall–Kier alpha value is -2.04. The molecule has 1 fully saturated rings. The molecule has 24 heavy (non-hydrogen) atoms. The number of nitrogens with one attached hydrogen (secondary N) is 1. The molecule has 1 N–H and O–H groups in total. The van der Waals surface area contributed by atoms with Gasteiger partial charge in [0.25, 0.3) is 5.91 Å². The molecule has 0 aromatic heterocycles.